The highest BCUT2D eigenvalue weighted by atomic mass is 35.5. The second kappa shape index (κ2) is 11.1. The van der Waals surface area contributed by atoms with Crippen LogP contribution < -0.4 is 25.6 Å². The summed E-state index contributed by atoms with van der Waals surface area (Å²) in [6.07, 6.45) is -3.72. The van der Waals surface area contributed by atoms with Crippen LogP contribution in [0.15, 0.2) is 54.7 Å². The van der Waals surface area contributed by atoms with Crippen LogP contribution in [0.1, 0.15) is 23.0 Å². The van der Waals surface area contributed by atoms with E-state index in [-0.39, 0.29) is 39.9 Å². The molecule has 0 bridgehead atoms. The highest BCUT2D eigenvalue weighted by Gasteiger charge is 2.33. The van der Waals surface area contributed by atoms with E-state index in [4.69, 9.17) is 21.2 Å². The number of alkyl halides is 3. The molecule has 0 atom stereocenters. The van der Waals surface area contributed by atoms with Gasteiger partial charge in [-0.15, -0.1) is 0 Å². The molecule has 9 nitrogen and oxygen atoms in total. The number of carbonyl (C=O) groups excluding carboxylic acids is 2. The number of halogens is 5. The van der Waals surface area contributed by atoms with Crippen molar-refractivity contribution in [1.29, 1.82) is 0 Å². The monoisotopic (exact) mass is 528 g/mol. The van der Waals surface area contributed by atoms with E-state index in [2.05, 4.69) is 16.1 Å². The maximum atomic E-state index is 14.5. The van der Waals surface area contributed by atoms with Crippen molar-refractivity contribution in [2.75, 3.05) is 17.2 Å². The van der Waals surface area contributed by atoms with E-state index in [0.717, 1.165) is 36.5 Å². The number of nitrogens with one attached hydrogen (secondary N) is 3. The Balaban J connectivity index is 1.68. The molecule has 0 radical (unpaired) electrons. The van der Waals surface area contributed by atoms with Crippen molar-refractivity contribution in [1.82, 2.24) is 5.48 Å². The fourth-order valence-electron chi connectivity index (χ4n) is 2.79. The minimum atomic E-state index is -4.73. The third-order valence-corrected chi connectivity index (χ3v) is 4.72. The minimum Gasteiger partial charge on any atom is -0.618 e. The van der Waals surface area contributed by atoms with E-state index in [9.17, 15) is 32.4 Å². The van der Waals surface area contributed by atoms with Gasteiger partial charge in [-0.2, -0.15) is 17.9 Å². The molecule has 2 aromatic carbocycles. The average molecular weight is 529 g/mol. The van der Waals surface area contributed by atoms with Crippen molar-refractivity contribution < 1.29 is 41.5 Å². The Morgan fingerprint density at radius 2 is 1.78 bits per heavy atom. The number of benzene rings is 2. The summed E-state index contributed by atoms with van der Waals surface area (Å²) in [6, 6.07) is 7.44. The Labute approximate surface area is 206 Å². The summed E-state index contributed by atoms with van der Waals surface area (Å²) in [4.78, 5) is 28.9. The fourth-order valence-corrected chi connectivity index (χ4v) is 3.01. The molecule has 0 fully saturated rings. The lowest BCUT2D eigenvalue weighted by molar-refractivity contribution is -0.608. The molecule has 14 heteroatoms. The van der Waals surface area contributed by atoms with Gasteiger partial charge in [0.15, 0.2) is 6.20 Å². The molecule has 0 aliphatic rings. The van der Waals surface area contributed by atoms with Gasteiger partial charge in [-0.3, -0.25) is 9.63 Å². The molecule has 0 spiro atoms. The number of amides is 3. The molecule has 3 aromatic rings. The summed E-state index contributed by atoms with van der Waals surface area (Å²) in [5, 5.41) is 15.6. The summed E-state index contributed by atoms with van der Waals surface area (Å²) in [7, 11) is 0. The van der Waals surface area contributed by atoms with Gasteiger partial charge in [0.05, 0.1) is 28.9 Å². The fraction of sp³-hybridized carbons (Fsp3) is 0.136. The molecule has 0 aliphatic carbocycles. The molecule has 36 heavy (non-hydrogen) atoms. The van der Waals surface area contributed by atoms with Crippen molar-refractivity contribution in [2.45, 2.75) is 13.1 Å². The molecule has 3 rings (SSSR count). The number of aromatic nitrogens is 1. The summed E-state index contributed by atoms with van der Waals surface area (Å²) in [5.41, 5.74) is 0.0661. The summed E-state index contributed by atoms with van der Waals surface area (Å²) in [5.74, 6) is -1.76. The maximum Gasteiger partial charge on any atom is 0.417 e. The number of rotatable bonds is 7. The lowest BCUT2D eigenvalue weighted by atomic mass is 10.2. The zero-order chi connectivity index (χ0) is 26.5. The Morgan fingerprint density at radius 3 is 2.44 bits per heavy atom. The predicted octanol–water partition coefficient (Wildman–Crippen LogP) is 5.25. The van der Waals surface area contributed by atoms with Gasteiger partial charge in [-0.05, 0) is 37.3 Å². The molecule has 0 aliphatic heterocycles. The molecule has 1 aromatic heterocycles. The van der Waals surface area contributed by atoms with Crippen LogP contribution in [0.4, 0.5) is 33.7 Å². The molecule has 3 N–H and O–H groups in total. The van der Waals surface area contributed by atoms with Crippen LogP contribution in [0.5, 0.6) is 11.5 Å². The molecule has 190 valence electrons. The van der Waals surface area contributed by atoms with Crippen LogP contribution in [0.25, 0.3) is 0 Å². The lowest BCUT2D eigenvalue weighted by Gasteiger charge is -2.13. The smallest absolute Gasteiger partial charge is 0.417 e. The lowest BCUT2D eigenvalue weighted by Crippen LogP contribution is -2.39. The first-order valence-electron chi connectivity index (χ1n) is 10.1. The number of urea groups is 1. The van der Waals surface area contributed by atoms with Crippen LogP contribution >= 0.6 is 11.6 Å². The number of pyridine rings is 1. The van der Waals surface area contributed by atoms with Crippen molar-refractivity contribution >= 4 is 34.9 Å². The second-order valence-electron chi connectivity index (χ2n) is 6.95. The molecule has 3 amide bonds. The zero-order valence-electron chi connectivity index (χ0n) is 18.3. The Kier molecular flexibility index (Phi) is 8.17. The molecule has 1 heterocycles. The number of nitrogens with zero attached hydrogens (tertiary/aromatic N) is 1. The number of anilines is 2. The minimum absolute atomic E-state index is 0.0322. The van der Waals surface area contributed by atoms with Crippen LogP contribution in [0.3, 0.4) is 0 Å². The van der Waals surface area contributed by atoms with E-state index in [1.165, 1.54) is 12.1 Å². The molecular formula is C22H17ClF4N4O5. The predicted molar refractivity (Wildman–Crippen MR) is 120 cm³/mol. The van der Waals surface area contributed by atoms with Gasteiger partial charge >= 0.3 is 18.1 Å². The maximum absolute atomic E-state index is 14.5. The van der Waals surface area contributed by atoms with Crippen LogP contribution in [0, 0.1) is 11.0 Å². The van der Waals surface area contributed by atoms with Crippen molar-refractivity contribution in [3.05, 3.63) is 82.0 Å². The quantitative estimate of drug-likeness (QED) is 0.168. The zero-order valence-corrected chi connectivity index (χ0v) is 19.0. The van der Waals surface area contributed by atoms with Gasteiger partial charge in [0.1, 0.15) is 17.3 Å². The van der Waals surface area contributed by atoms with E-state index in [0.29, 0.717) is 6.07 Å². The van der Waals surface area contributed by atoms with Crippen molar-refractivity contribution in [2.24, 2.45) is 0 Å². The summed E-state index contributed by atoms with van der Waals surface area (Å²) >= 11 is 5.54. The normalized spacial score (nSPS) is 11.1. The Morgan fingerprint density at radius 1 is 1.06 bits per heavy atom. The highest BCUT2D eigenvalue weighted by molar-refractivity contribution is 6.31. The second-order valence-corrected chi connectivity index (χ2v) is 7.36. The molecule has 0 saturated carbocycles. The van der Waals surface area contributed by atoms with Crippen LogP contribution in [0.2, 0.25) is 5.02 Å². The van der Waals surface area contributed by atoms with Gasteiger partial charge in [0, 0.05) is 17.8 Å². The SMILES string of the molecule is CCONC(=O)c1cc(Oc2ccc(NC(=O)Nc3ccc(Cl)c(C(F)(F)F)c3)c(F)c2)cc[n+]1[O-]. The van der Waals surface area contributed by atoms with E-state index in [1.54, 1.807) is 6.92 Å². The average Bonchev–Trinajstić information content (AvgIpc) is 2.81. The molecule has 0 saturated heterocycles. The first-order chi connectivity index (χ1) is 17.0. The standard InChI is InChI=1S/C22H17ClF4N4O5/c1-2-35-30-20(32)19-11-14(7-8-31(19)34)36-13-4-6-18(17(24)10-13)29-21(33)28-12-3-5-16(23)15(9-12)22(25,26)27/h3-11H,2H2,1H3,(H,30,32)(H2,28,29,33). The van der Waals surface area contributed by atoms with Gasteiger partial charge in [-0.1, -0.05) is 11.6 Å². The van der Waals surface area contributed by atoms with Crippen LogP contribution in [-0.2, 0) is 11.0 Å². The first kappa shape index (κ1) is 26.5. The number of hydrogen-bond donors (Lipinski definition) is 3. The number of hydroxylamine groups is 1. The van der Waals surface area contributed by atoms with Gasteiger partial charge in [0.25, 0.3) is 5.69 Å². The third kappa shape index (κ3) is 6.73. The van der Waals surface area contributed by atoms with Crippen molar-refractivity contribution in [3.63, 3.8) is 0 Å². The third-order valence-electron chi connectivity index (χ3n) is 4.39. The Bertz CT molecular complexity index is 1290. The Hall–Kier alpha value is -4.10. The first-order valence-corrected chi connectivity index (χ1v) is 10.4. The number of hydrogen-bond acceptors (Lipinski definition) is 5. The van der Waals surface area contributed by atoms with E-state index in [1.807, 2.05) is 0 Å². The van der Waals surface area contributed by atoms with Crippen LogP contribution in [-0.4, -0.2) is 18.5 Å². The number of ether oxygens (including phenoxy) is 1. The highest BCUT2D eigenvalue weighted by Crippen LogP contribution is 2.36. The van der Waals surface area contributed by atoms with Crippen molar-refractivity contribution in [3.8, 4) is 11.5 Å². The summed E-state index contributed by atoms with van der Waals surface area (Å²) in [6.45, 7) is 1.80. The largest absolute Gasteiger partial charge is 0.618 e. The topological polar surface area (TPSA) is 116 Å². The van der Waals surface area contributed by atoms with Gasteiger partial charge in [0.2, 0.25) is 0 Å². The van der Waals surface area contributed by atoms with Gasteiger partial charge in [-0.25, -0.2) is 14.7 Å². The van der Waals surface area contributed by atoms with Gasteiger partial charge < -0.3 is 20.6 Å². The molecular weight excluding hydrogens is 512 g/mol. The van der Waals surface area contributed by atoms with E-state index < -0.39 is 34.5 Å². The summed E-state index contributed by atoms with van der Waals surface area (Å²) < 4.78 is 59.2. The molecule has 0 unspecified atom stereocenters. The van der Waals surface area contributed by atoms with E-state index >= 15 is 0 Å². The number of carbonyl (C=O) groups is 2.